The fourth-order valence-corrected chi connectivity index (χ4v) is 5.56. The summed E-state index contributed by atoms with van der Waals surface area (Å²) in [5.74, 6) is 3.65. The van der Waals surface area contributed by atoms with Gasteiger partial charge in [-0.1, -0.05) is 6.07 Å². The molecule has 0 N–H and O–H groups in total. The molecule has 0 fully saturated rings. The first-order chi connectivity index (χ1) is 19.4. The van der Waals surface area contributed by atoms with E-state index in [4.69, 9.17) is 23.7 Å². The summed E-state index contributed by atoms with van der Waals surface area (Å²) in [4.78, 5) is 15.8. The molecule has 8 nitrogen and oxygen atoms in total. The number of allylic oxidation sites excluding steroid dienone is 1. The van der Waals surface area contributed by atoms with Gasteiger partial charge in [-0.15, -0.1) is 0 Å². The zero-order chi connectivity index (χ0) is 28.0. The quantitative estimate of drug-likeness (QED) is 0.268. The van der Waals surface area contributed by atoms with Crippen LogP contribution in [0, 0.1) is 6.92 Å². The number of nitrogens with zero attached hydrogens (tertiary/aromatic N) is 2. The molecular weight excluding hydrogens is 508 g/mol. The average Bonchev–Trinajstić information content (AvgIpc) is 3.50. The Kier molecular flexibility index (Phi) is 6.64. The van der Waals surface area contributed by atoms with Crippen LogP contribution in [0.5, 0.6) is 28.7 Å². The summed E-state index contributed by atoms with van der Waals surface area (Å²) in [6.45, 7) is 6.47. The Morgan fingerprint density at radius 3 is 2.58 bits per heavy atom. The second-order valence-corrected chi connectivity index (χ2v) is 10.0. The fourth-order valence-electron chi connectivity index (χ4n) is 5.56. The van der Waals surface area contributed by atoms with E-state index >= 15 is 0 Å². The highest BCUT2D eigenvalue weighted by molar-refractivity contribution is 6.16. The van der Waals surface area contributed by atoms with E-state index in [1.807, 2.05) is 61.7 Å². The number of aryl methyl sites for hydroxylation is 2. The van der Waals surface area contributed by atoms with Crippen molar-refractivity contribution < 1.29 is 28.5 Å². The summed E-state index contributed by atoms with van der Waals surface area (Å²) in [6, 6.07) is 13.8. The molecule has 3 heterocycles. The van der Waals surface area contributed by atoms with Crippen LogP contribution in [0.4, 0.5) is 0 Å². The summed E-state index contributed by atoms with van der Waals surface area (Å²) >= 11 is 0. The number of ether oxygens (including phenoxy) is 5. The van der Waals surface area contributed by atoms with Crippen molar-refractivity contribution >= 4 is 22.8 Å². The SMILES string of the molecule is CCn1cc(/C=C2\Oc3c4c(cc(C)c3C2=O)OCN(Cc2ccc(OC)c(OC)c2)C4)c2cc(OC)ccc21. The smallest absolute Gasteiger partial charge is 0.232 e. The van der Waals surface area contributed by atoms with E-state index in [-0.39, 0.29) is 5.78 Å². The molecule has 0 atom stereocenters. The lowest BCUT2D eigenvalue weighted by Crippen LogP contribution is -2.31. The van der Waals surface area contributed by atoms with Crippen LogP contribution >= 0.6 is 0 Å². The molecule has 0 amide bonds. The van der Waals surface area contributed by atoms with Crippen LogP contribution in [0.25, 0.3) is 17.0 Å². The van der Waals surface area contributed by atoms with Gasteiger partial charge < -0.3 is 28.3 Å². The predicted octanol–water partition coefficient (Wildman–Crippen LogP) is 5.96. The topological polar surface area (TPSA) is 71.4 Å². The molecule has 0 unspecified atom stereocenters. The summed E-state index contributed by atoms with van der Waals surface area (Å²) in [6.07, 6.45) is 3.89. The van der Waals surface area contributed by atoms with Crippen molar-refractivity contribution in [3.63, 3.8) is 0 Å². The van der Waals surface area contributed by atoms with Crippen molar-refractivity contribution in [2.45, 2.75) is 33.5 Å². The van der Waals surface area contributed by atoms with Gasteiger partial charge in [0.1, 0.15) is 24.0 Å². The second-order valence-electron chi connectivity index (χ2n) is 10.0. The van der Waals surface area contributed by atoms with Crippen LogP contribution in [0.15, 0.2) is 54.4 Å². The number of fused-ring (bicyclic) bond motifs is 4. The Morgan fingerprint density at radius 1 is 1.00 bits per heavy atom. The van der Waals surface area contributed by atoms with E-state index in [1.165, 1.54) is 0 Å². The van der Waals surface area contributed by atoms with Crippen molar-refractivity contribution in [2.75, 3.05) is 28.1 Å². The van der Waals surface area contributed by atoms with Gasteiger partial charge >= 0.3 is 0 Å². The summed E-state index contributed by atoms with van der Waals surface area (Å²) < 4.78 is 30.9. The van der Waals surface area contributed by atoms with Crippen LogP contribution < -0.4 is 23.7 Å². The Bertz CT molecular complexity index is 1670. The number of carbonyl (C=O) groups excluding carboxylic acids is 1. The molecule has 0 spiro atoms. The van der Waals surface area contributed by atoms with Crippen LogP contribution in [-0.2, 0) is 19.6 Å². The van der Waals surface area contributed by atoms with Gasteiger partial charge in [-0.25, -0.2) is 0 Å². The van der Waals surface area contributed by atoms with E-state index in [1.54, 1.807) is 21.3 Å². The standard InChI is InChI=1S/C32H32N2O6/c1-6-34-16-21(23-14-22(36-3)8-9-25(23)34)13-29-31(35)30-19(2)11-27-24(32(30)40-29)17-33(18-39-27)15-20-7-10-26(37-4)28(12-20)38-5/h7-14,16H,6,15,17-18H2,1-5H3/b29-13-. The minimum absolute atomic E-state index is 0.118. The molecule has 0 saturated carbocycles. The lowest BCUT2D eigenvalue weighted by molar-refractivity contribution is 0.0871. The van der Waals surface area contributed by atoms with Crippen molar-refractivity contribution in [1.82, 2.24) is 9.47 Å². The number of carbonyl (C=O) groups is 1. The van der Waals surface area contributed by atoms with Gasteiger partial charge in [0.2, 0.25) is 5.78 Å². The van der Waals surface area contributed by atoms with E-state index in [2.05, 4.69) is 16.4 Å². The zero-order valence-corrected chi connectivity index (χ0v) is 23.4. The highest BCUT2D eigenvalue weighted by Gasteiger charge is 2.35. The third-order valence-corrected chi connectivity index (χ3v) is 7.59. The number of ketones is 1. The molecule has 1 aromatic heterocycles. The third kappa shape index (κ3) is 4.34. The highest BCUT2D eigenvalue weighted by atomic mass is 16.5. The lowest BCUT2D eigenvalue weighted by atomic mass is 9.98. The monoisotopic (exact) mass is 540 g/mol. The summed E-state index contributed by atoms with van der Waals surface area (Å²) in [5, 5.41) is 1.00. The van der Waals surface area contributed by atoms with Crippen LogP contribution in [0.1, 0.15) is 39.5 Å². The summed E-state index contributed by atoms with van der Waals surface area (Å²) in [7, 11) is 4.90. The summed E-state index contributed by atoms with van der Waals surface area (Å²) in [5.41, 5.74) is 5.36. The third-order valence-electron chi connectivity index (χ3n) is 7.59. The predicted molar refractivity (Wildman–Crippen MR) is 153 cm³/mol. The molecule has 6 rings (SSSR count). The number of Topliss-reactive ketones (excluding diaryl/α,β-unsaturated/α-hetero) is 1. The van der Waals surface area contributed by atoms with E-state index in [0.29, 0.717) is 48.4 Å². The van der Waals surface area contributed by atoms with Gasteiger partial charge in [0, 0.05) is 42.3 Å². The molecule has 0 saturated heterocycles. The Hall–Kier alpha value is -4.43. The van der Waals surface area contributed by atoms with E-state index in [0.717, 1.165) is 51.2 Å². The molecule has 0 aliphatic carbocycles. The molecule has 3 aromatic carbocycles. The highest BCUT2D eigenvalue weighted by Crippen LogP contribution is 2.44. The van der Waals surface area contributed by atoms with Gasteiger partial charge in [-0.05, 0) is 67.4 Å². The molecule has 2 aliphatic rings. The minimum Gasteiger partial charge on any atom is -0.497 e. The maximum absolute atomic E-state index is 13.6. The van der Waals surface area contributed by atoms with Crippen molar-refractivity contribution in [1.29, 1.82) is 0 Å². The number of hydrogen-bond donors (Lipinski definition) is 0. The second kappa shape index (κ2) is 10.3. The number of methoxy groups -OCH3 is 3. The molecule has 2 aliphatic heterocycles. The zero-order valence-electron chi connectivity index (χ0n) is 23.4. The average molecular weight is 541 g/mol. The van der Waals surface area contributed by atoms with Gasteiger partial charge in [-0.2, -0.15) is 0 Å². The number of benzene rings is 3. The molecule has 4 aromatic rings. The minimum atomic E-state index is -0.118. The van der Waals surface area contributed by atoms with Crippen LogP contribution in [-0.4, -0.2) is 43.3 Å². The molecule has 0 bridgehead atoms. The normalized spacial score (nSPS) is 15.5. The number of aromatic nitrogens is 1. The fraction of sp³-hybridized carbons (Fsp3) is 0.281. The first kappa shape index (κ1) is 25.8. The molecule has 8 heteroatoms. The van der Waals surface area contributed by atoms with Crippen molar-refractivity contribution in [2.24, 2.45) is 0 Å². The van der Waals surface area contributed by atoms with Crippen LogP contribution in [0.3, 0.4) is 0 Å². The largest absolute Gasteiger partial charge is 0.497 e. The van der Waals surface area contributed by atoms with Gasteiger partial charge in [0.05, 0.1) is 32.5 Å². The van der Waals surface area contributed by atoms with Gasteiger partial charge in [-0.3, -0.25) is 9.69 Å². The van der Waals surface area contributed by atoms with Crippen molar-refractivity contribution in [3.8, 4) is 28.7 Å². The Balaban J connectivity index is 1.33. The number of rotatable bonds is 7. The number of hydrogen-bond acceptors (Lipinski definition) is 7. The van der Waals surface area contributed by atoms with E-state index < -0.39 is 0 Å². The van der Waals surface area contributed by atoms with E-state index in [9.17, 15) is 4.79 Å². The molecule has 0 radical (unpaired) electrons. The molecular formula is C32H32N2O6. The first-order valence-electron chi connectivity index (χ1n) is 13.3. The maximum Gasteiger partial charge on any atom is 0.232 e. The lowest BCUT2D eigenvalue weighted by Gasteiger charge is -2.30. The maximum atomic E-state index is 13.6. The van der Waals surface area contributed by atoms with Crippen LogP contribution in [0.2, 0.25) is 0 Å². The molecule has 206 valence electrons. The first-order valence-corrected chi connectivity index (χ1v) is 13.3. The van der Waals surface area contributed by atoms with Gasteiger partial charge in [0.25, 0.3) is 0 Å². The van der Waals surface area contributed by atoms with Gasteiger partial charge in [0.15, 0.2) is 17.3 Å². The molecule has 40 heavy (non-hydrogen) atoms. The Morgan fingerprint density at radius 2 is 1.82 bits per heavy atom. The van der Waals surface area contributed by atoms with Crippen molar-refractivity contribution in [3.05, 3.63) is 82.2 Å². The Labute approximate surface area is 233 Å².